The summed E-state index contributed by atoms with van der Waals surface area (Å²) in [4.78, 5) is 0. The smallest absolute Gasteiger partial charge is 0.131 e. The highest BCUT2D eigenvalue weighted by molar-refractivity contribution is 6.31. The lowest BCUT2D eigenvalue weighted by molar-refractivity contribution is 0.414. The zero-order valence-corrected chi connectivity index (χ0v) is 13.2. The lowest BCUT2D eigenvalue weighted by Gasteiger charge is -2.21. The number of hydrogen-bond donors (Lipinski definition) is 1. The first-order chi connectivity index (χ1) is 10.1. The maximum atomic E-state index is 14.4. The van der Waals surface area contributed by atoms with Crippen molar-refractivity contribution < 1.29 is 9.13 Å². The summed E-state index contributed by atoms with van der Waals surface area (Å²) in [5.74, 6) is 0.485. The summed E-state index contributed by atoms with van der Waals surface area (Å²) in [6.07, 6.45) is 0. The van der Waals surface area contributed by atoms with E-state index in [1.807, 2.05) is 25.1 Å². The summed E-state index contributed by atoms with van der Waals surface area (Å²) in [6, 6.07) is 10.6. The lowest BCUT2D eigenvalue weighted by Crippen LogP contribution is -2.23. The minimum absolute atomic E-state index is 0.199. The molecule has 0 saturated carbocycles. The first kappa shape index (κ1) is 15.8. The van der Waals surface area contributed by atoms with Crippen molar-refractivity contribution >= 4 is 11.6 Å². The second kappa shape index (κ2) is 6.92. The Hall–Kier alpha value is -1.58. The van der Waals surface area contributed by atoms with Gasteiger partial charge in [-0.2, -0.15) is 0 Å². The van der Waals surface area contributed by atoms with Gasteiger partial charge in [-0.25, -0.2) is 4.39 Å². The first-order valence-electron chi connectivity index (χ1n) is 6.90. The van der Waals surface area contributed by atoms with E-state index in [1.165, 1.54) is 0 Å². The molecule has 0 saturated heterocycles. The Morgan fingerprint density at radius 1 is 1.24 bits per heavy atom. The molecule has 2 nitrogen and oxygen atoms in total. The van der Waals surface area contributed by atoms with E-state index in [-0.39, 0.29) is 11.9 Å². The van der Waals surface area contributed by atoms with E-state index in [0.717, 1.165) is 5.56 Å². The number of methoxy groups -OCH3 is 1. The third-order valence-corrected chi connectivity index (χ3v) is 3.79. The zero-order chi connectivity index (χ0) is 15.4. The largest absolute Gasteiger partial charge is 0.497 e. The summed E-state index contributed by atoms with van der Waals surface area (Å²) in [7, 11) is 1.59. The molecule has 2 rings (SSSR count). The SMILES string of the molecule is CCNC(c1ccc(OC)cc1Cl)c1cccc(C)c1F. The van der Waals surface area contributed by atoms with E-state index in [4.69, 9.17) is 16.3 Å². The number of halogens is 2. The molecule has 2 aromatic rings. The van der Waals surface area contributed by atoms with Crippen LogP contribution in [0.1, 0.15) is 29.7 Å². The van der Waals surface area contributed by atoms with Gasteiger partial charge in [-0.15, -0.1) is 0 Å². The van der Waals surface area contributed by atoms with Crippen molar-refractivity contribution in [2.75, 3.05) is 13.7 Å². The van der Waals surface area contributed by atoms with Crippen molar-refractivity contribution in [2.45, 2.75) is 19.9 Å². The Kier molecular flexibility index (Phi) is 5.21. The fourth-order valence-corrected chi connectivity index (χ4v) is 2.63. The van der Waals surface area contributed by atoms with Crippen molar-refractivity contribution in [3.63, 3.8) is 0 Å². The monoisotopic (exact) mass is 307 g/mol. The van der Waals surface area contributed by atoms with Gasteiger partial charge in [0.1, 0.15) is 11.6 Å². The van der Waals surface area contributed by atoms with E-state index >= 15 is 0 Å². The molecule has 0 amide bonds. The minimum Gasteiger partial charge on any atom is -0.497 e. The van der Waals surface area contributed by atoms with Crippen LogP contribution in [0.5, 0.6) is 5.75 Å². The molecule has 0 radical (unpaired) electrons. The average molecular weight is 308 g/mol. The molecule has 4 heteroatoms. The van der Waals surface area contributed by atoms with Gasteiger partial charge >= 0.3 is 0 Å². The van der Waals surface area contributed by atoms with Gasteiger partial charge in [0.2, 0.25) is 0 Å². The van der Waals surface area contributed by atoms with Crippen LogP contribution in [0.3, 0.4) is 0 Å². The molecule has 1 N–H and O–H groups in total. The van der Waals surface area contributed by atoms with Gasteiger partial charge in [-0.1, -0.05) is 42.8 Å². The fourth-order valence-electron chi connectivity index (χ4n) is 2.35. The van der Waals surface area contributed by atoms with E-state index in [1.54, 1.807) is 32.2 Å². The predicted molar refractivity (Wildman–Crippen MR) is 84.7 cm³/mol. The normalized spacial score (nSPS) is 12.2. The molecule has 1 atom stereocenters. The van der Waals surface area contributed by atoms with Crippen LogP contribution in [0, 0.1) is 12.7 Å². The average Bonchev–Trinajstić information content (AvgIpc) is 2.48. The van der Waals surface area contributed by atoms with Gasteiger partial charge in [-0.3, -0.25) is 0 Å². The van der Waals surface area contributed by atoms with E-state index in [0.29, 0.717) is 28.4 Å². The molecule has 0 fully saturated rings. The Morgan fingerprint density at radius 3 is 2.62 bits per heavy atom. The molecule has 21 heavy (non-hydrogen) atoms. The fraction of sp³-hybridized carbons (Fsp3) is 0.294. The Labute approximate surface area is 129 Å². The summed E-state index contributed by atoms with van der Waals surface area (Å²) in [5, 5.41) is 3.85. The quantitative estimate of drug-likeness (QED) is 0.878. The molecule has 2 aromatic carbocycles. The van der Waals surface area contributed by atoms with Crippen LogP contribution in [0.4, 0.5) is 4.39 Å². The van der Waals surface area contributed by atoms with Gasteiger partial charge in [0.15, 0.2) is 0 Å². The van der Waals surface area contributed by atoms with Crippen LogP contribution in [0.2, 0.25) is 5.02 Å². The maximum Gasteiger partial charge on any atom is 0.131 e. The van der Waals surface area contributed by atoms with Crippen molar-refractivity contribution in [3.8, 4) is 5.75 Å². The third kappa shape index (κ3) is 3.36. The van der Waals surface area contributed by atoms with Crippen LogP contribution < -0.4 is 10.1 Å². The predicted octanol–water partition coefficient (Wildman–Crippen LogP) is 4.50. The summed E-state index contributed by atoms with van der Waals surface area (Å²) >= 11 is 6.34. The van der Waals surface area contributed by atoms with Gasteiger partial charge in [0.25, 0.3) is 0 Å². The van der Waals surface area contributed by atoms with Gasteiger partial charge in [0, 0.05) is 10.6 Å². The standard InChI is InChI=1S/C17H19ClFNO/c1-4-20-17(14-7-5-6-11(2)16(14)19)13-9-8-12(21-3)10-15(13)18/h5-10,17,20H,4H2,1-3H3. The van der Waals surface area contributed by atoms with Crippen LogP contribution in [-0.4, -0.2) is 13.7 Å². The first-order valence-corrected chi connectivity index (χ1v) is 7.28. The van der Waals surface area contributed by atoms with Crippen LogP contribution >= 0.6 is 11.6 Å². The Balaban J connectivity index is 2.51. The Morgan fingerprint density at radius 2 is 2.00 bits per heavy atom. The van der Waals surface area contributed by atoms with Gasteiger partial charge in [-0.05, 0) is 36.7 Å². The van der Waals surface area contributed by atoms with Gasteiger partial charge in [0.05, 0.1) is 13.2 Å². The molecule has 1 unspecified atom stereocenters. The number of benzene rings is 2. The third-order valence-electron chi connectivity index (χ3n) is 3.46. The highest BCUT2D eigenvalue weighted by Crippen LogP contribution is 2.32. The summed E-state index contributed by atoms with van der Waals surface area (Å²) in [6.45, 7) is 4.45. The van der Waals surface area contributed by atoms with Crippen LogP contribution in [0.15, 0.2) is 36.4 Å². The molecule has 112 valence electrons. The van der Waals surface area contributed by atoms with Crippen molar-refractivity contribution in [1.29, 1.82) is 0 Å². The molecule has 0 heterocycles. The molecular formula is C17H19ClFNO. The molecule has 0 spiro atoms. The molecule has 0 aliphatic heterocycles. The molecule has 0 bridgehead atoms. The molecular weight excluding hydrogens is 289 g/mol. The van der Waals surface area contributed by atoms with Gasteiger partial charge < -0.3 is 10.1 Å². The second-order valence-corrected chi connectivity index (χ2v) is 5.26. The van der Waals surface area contributed by atoms with Crippen LogP contribution in [-0.2, 0) is 0 Å². The van der Waals surface area contributed by atoms with E-state index < -0.39 is 0 Å². The molecule has 0 aliphatic carbocycles. The van der Waals surface area contributed by atoms with Crippen molar-refractivity contribution in [1.82, 2.24) is 5.32 Å². The number of ether oxygens (including phenoxy) is 1. The number of aryl methyl sites for hydroxylation is 1. The number of hydrogen-bond acceptors (Lipinski definition) is 2. The van der Waals surface area contributed by atoms with E-state index in [9.17, 15) is 4.39 Å². The molecule has 0 aromatic heterocycles. The lowest BCUT2D eigenvalue weighted by atomic mass is 9.96. The second-order valence-electron chi connectivity index (χ2n) is 4.86. The highest BCUT2D eigenvalue weighted by Gasteiger charge is 2.20. The summed E-state index contributed by atoms with van der Waals surface area (Å²) in [5.41, 5.74) is 2.06. The number of rotatable bonds is 5. The summed E-state index contributed by atoms with van der Waals surface area (Å²) < 4.78 is 19.6. The topological polar surface area (TPSA) is 21.3 Å². The maximum absolute atomic E-state index is 14.4. The number of nitrogens with one attached hydrogen (secondary N) is 1. The zero-order valence-electron chi connectivity index (χ0n) is 12.4. The van der Waals surface area contributed by atoms with Crippen molar-refractivity contribution in [3.05, 3.63) is 63.9 Å². The van der Waals surface area contributed by atoms with Crippen LogP contribution in [0.25, 0.3) is 0 Å². The van der Waals surface area contributed by atoms with E-state index in [2.05, 4.69) is 5.32 Å². The Bertz CT molecular complexity index is 630. The molecule has 0 aliphatic rings. The highest BCUT2D eigenvalue weighted by atomic mass is 35.5. The minimum atomic E-state index is -0.284. The van der Waals surface area contributed by atoms with Crippen molar-refractivity contribution in [2.24, 2.45) is 0 Å².